The normalized spacial score (nSPS) is 11.5. The Labute approximate surface area is 171 Å². The third kappa shape index (κ3) is 4.55. The molecule has 29 heavy (non-hydrogen) atoms. The average Bonchev–Trinajstić information content (AvgIpc) is 3.11. The predicted molar refractivity (Wildman–Crippen MR) is 114 cm³/mol. The Bertz CT molecular complexity index is 1270. The first-order valence-electron chi connectivity index (χ1n) is 8.72. The lowest BCUT2D eigenvalue weighted by atomic mass is 10.2. The molecule has 0 spiro atoms. The van der Waals surface area contributed by atoms with Crippen molar-refractivity contribution in [1.29, 1.82) is 0 Å². The molecule has 4 aromatic rings. The minimum atomic E-state index is -3.65. The molecule has 0 atom stereocenters. The summed E-state index contributed by atoms with van der Waals surface area (Å²) in [6.07, 6.45) is 0. The molecule has 148 valence electrons. The highest BCUT2D eigenvalue weighted by atomic mass is 32.2. The number of fused-ring (bicyclic) bond motifs is 1. The zero-order chi connectivity index (χ0) is 20.4. The van der Waals surface area contributed by atoms with Gasteiger partial charge >= 0.3 is 0 Å². The topological polar surface area (TPSA) is 68.3 Å². The summed E-state index contributed by atoms with van der Waals surface area (Å²) in [5.41, 5.74) is 2.59. The highest BCUT2D eigenvalue weighted by Gasteiger charge is 2.13. The average molecular weight is 429 g/mol. The Balaban J connectivity index is 1.51. The van der Waals surface area contributed by atoms with Gasteiger partial charge in [0.15, 0.2) is 0 Å². The van der Waals surface area contributed by atoms with Crippen molar-refractivity contribution in [3.8, 4) is 16.3 Å². The molecule has 0 aliphatic rings. The van der Waals surface area contributed by atoms with Gasteiger partial charge in [-0.15, -0.1) is 11.3 Å². The van der Waals surface area contributed by atoms with Crippen LogP contribution in [-0.2, 0) is 15.8 Å². The number of nitrogens with zero attached hydrogens (tertiary/aromatic N) is 1. The molecule has 5 nitrogen and oxygen atoms in total. The number of thiazole rings is 1. The van der Waals surface area contributed by atoms with E-state index in [0.29, 0.717) is 11.3 Å². The smallest absolute Gasteiger partial charge is 0.236 e. The molecule has 0 unspecified atom stereocenters. The molecule has 1 heterocycles. The number of sulfonamides is 1. The first-order chi connectivity index (χ1) is 13.9. The second kappa shape index (κ2) is 7.81. The van der Waals surface area contributed by atoms with Crippen LogP contribution in [0.25, 0.3) is 20.8 Å². The van der Waals surface area contributed by atoms with Gasteiger partial charge in [0.25, 0.3) is 0 Å². The van der Waals surface area contributed by atoms with E-state index < -0.39 is 15.8 Å². The fraction of sp³-hybridized carbons (Fsp3) is 0.0952. The van der Waals surface area contributed by atoms with Crippen molar-refractivity contribution in [2.45, 2.75) is 5.75 Å². The van der Waals surface area contributed by atoms with E-state index in [2.05, 4.69) is 9.71 Å². The van der Waals surface area contributed by atoms with Crippen LogP contribution in [0.2, 0.25) is 0 Å². The molecule has 8 heteroatoms. The van der Waals surface area contributed by atoms with E-state index in [-0.39, 0.29) is 5.75 Å². The van der Waals surface area contributed by atoms with Gasteiger partial charge in [-0.2, -0.15) is 0 Å². The fourth-order valence-electron chi connectivity index (χ4n) is 2.90. The molecule has 1 aromatic heterocycles. The molecule has 0 saturated heterocycles. The van der Waals surface area contributed by atoms with E-state index in [4.69, 9.17) is 4.74 Å². The van der Waals surface area contributed by atoms with Crippen LogP contribution in [0.5, 0.6) is 5.75 Å². The van der Waals surface area contributed by atoms with Crippen molar-refractivity contribution >= 4 is 37.3 Å². The molecule has 1 N–H and O–H groups in total. The Morgan fingerprint density at radius 3 is 2.59 bits per heavy atom. The number of benzene rings is 3. The van der Waals surface area contributed by atoms with E-state index in [1.165, 1.54) is 29.5 Å². The standard InChI is InChI=1S/C21H17FN2O3S2/c1-27-18-9-10-19-20(12-18)28-21(23-19)15-5-7-17(8-6-15)24-29(25,26)13-14-3-2-4-16(22)11-14/h2-12,24H,13H2,1H3. The first-order valence-corrected chi connectivity index (χ1v) is 11.2. The molecule has 3 aromatic carbocycles. The highest BCUT2D eigenvalue weighted by Crippen LogP contribution is 2.32. The molecule has 0 saturated carbocycles. The van der Waals surface area contributed by atoms with E-state index >= 15 is 0 Å². The van der Waals surface area contributed by atoms with Crippen molar-refractivity contribution < 1.29 is 17.5 Å². The van der Waals surface area contributed by atoms with Crippen LogP contribution >= 0.6 is 11.3 Å². The summed E-state index contributed by atoms with van der Waals surface area (Å²) in [6, 6.07) is 18.3. The predicted octanol–water partition coefficient (Wildman–Crippen LogP) is 5.05. The molecule has 0 aliphatic heterocycles. The molecule has 0 amide bonds. The summed E-state index contributed by atoms with van der Waals surface area (Å²) < 4.78 is 46.8. The largest absolute Gasteiger partial charge is 0.497 e. The van der Waals surface area contributed by atoms with Gasteiger partial charge in [0.05, 0.1) is 23.1 Å². The minimum Gasteiger partial charge on any atom is -0.497 e. The number of anilines is 1. The summed E-state index contributed by atoms with van der Waals surface area (Å²) in [7, 11) is -2.03. The Kier molecular flexibility index (Phi) is 5.21. The van der Waals surface area contributed by atoms with Crippen LogP contribution in [0.3, 0.4) is 0 Å². The van der Waals surface area contributed by atoms with Crippen molar-refractivity contribution in [1.82, 2.24) is 4.98 Å². The van der Waals surface area contributed by atoms with Gasteiger partial charge in [-0.1, -0.05) is 12.1 Å². The molecule has 0 radical (unpaired) electrons. The lowest BCUT2D eigenvalue weighted by molar-refractivity contribution is 0.415. The maximum absolute atomic E-state index is 13.3. The van der Waals surface area contributed by atoms with E-state index in [1.807, 2.05) is 30.3 Å². The minimum absolute atomic E-state index is 0.299. The third-order valence-electron chi connectivity index (χ3n) is 4.25. The first kappa shape index (κ1) is 19.4. The molecule has 0 bridgehead atoms. The molecule has 4 rings (SSSR count). The number of hydrogen-bond donors (Lipinski definition) is 1. The third-order valence-corrected chi connectivity index (χ3v) is 6.57. The molecule has 0 aliphatic carbocycles. The number of methoxy groups -OCH3 is 1. The summed E-state index contributed by atoms with van der Waals surface area (Å²) in [5.74, 6) is 0.0120. The van der Waals surface area contributed by atoms with Crippen molar-refractivity contribution in [3.63, 3.8) is 0 Å². The second-order valence-corrected chi connectivity index (χ2v) is 9.17. The Morgan fingerprint density at radius 2 is 1.86 bits per heavy atom. The van der Waals surface area contributed by atoms with Gasteiger partial charge in [0.1, 0.15) is 16.6 Å². The zero-order valence-corrected chi connectivity index (χ0v) is 17.1. The van der Waals surface area contributed by atoms with Gasteiger partial charge in [0, 0.05) is 11.3 Å². The molecular weight excluding hydrogens is 411 g/mol. The van der Waals surface area contributed by atoms with Crippen molar-refractivity contribution in [3.05, 3.63) is 78.1 Å². The summed E-state index contributed by atoms with van der Waals surface area (Å²) in [4.78, 5) is 4.62. The van der Waals surface area contributed by atoms with E-state index in [9.17, 15) is 12.8 Å². The van der Waals surface area contributed by atoms with Crippen molar-refractivity contribution in [2.75, 3.05) is 11.8 Å². The Hall–Kier alpha value is -2.97. The van der Waals surface area contributed by atoms with Gasteiger partial charge < -0.3 is 4.74 Å². The lowest BCUT2D eigenvalue weighted by Gasteiger charge is -2.08. The number of aromatic nitrogens is 1. The van der Waals surface area contributed by atoms with Crippen LogP contribution in [0.15, 0.2) is 66.7 Å². The van der Waals surface area contributed by atoms with E-state index in [1.54, 1.807) is 25.3 Å². The van der Waals surface area contributed by atoms with Gasteiger partial charge in [-0.25, -0.2) is 17.8 Å². The quantitative estimate of drug-likeness (QED) is 0.466. The summed E-state index contributed by atoms with van der Waals surface area (Å²) in [5, 5.41) is 0.836. The summed E-state index contributed by atoms with van der Waals surface area (Å²) >= 11 is 1.54. The number of ether oxygens (including phenoxy) is 1. The fourth-order valence-corrected chi connectivity index (χ4v) is 5.08. The van der Waals surface area contributed by atoms with Gasteiger partial charge in [-0.3, -0.25) is 4.72 Å². The van der Waals surface area contributed by atoms with Crippen LogP contribution in [0.4, 0.5) is 10.1 Å². The number of hydrogen-bond acceptors (Lipinski definition) is 5. The van der Waals surface area contributed by atoms with Crippen LogP contribution in [0.1, 0.15) is 5.56 Å². The lowest BCUT2D eigenvalue weighted by Crippen LogP contribution is -2.15. The maximum atomic E-state index is 13.3. The van der Waals surface area contributed by atoms with Gasteiger partial charge in [-0.05, 0) is 60.2 Å². The molecule has 0 fully saturated rings. The highest BCUT2D eigenvalue weighted by molar-refractivity contribution is 7.91. The summed E-state index contributed by atoms with van der Waals surface area (Å²) in [6.45, 7) is 0. The molecular formula is C21H17FN2O3S2. The van der Waals surface area contributed by atoms with Gasteiger partial charge in [0.2, 0.25) is 10.0 Å². The zero-order valence-electron chi connectivity index (χ0n) is 15.4. The number of halogens is 1. The monoisotopic (exact) mass is 428 g/mol. The second-order valence-electron chi connectivity index (χ2n) is 6.42. The van der Waals surface area contributed by atoms with Crippen LogP contribution < -0.4 is 9.46 Å². The van der Waals surface area contributed by atoms with E-state index in [0.717, 1.165) is 26.5 Å². The van der Waals surface area contributed by atoms with Crippen LogP contribution in [-0.4, -0.2) is 20.5 Å². The maximum Gasteiger partial charge on any atom is 0.236 e. The Morgan fingerprint density at radius 1 is 1.07 bits per heavy atom. The number of nitrogens with one attached hydrogen (secondary N) is 1. The van der Waals surface area contributed by atoms with Crippen molar-refractivity contribution in [2.24, 2.45) is 0 Å². The SMILES string of the molecule is COc1ccc2nc(-c3ccc(NS(=O)(=O)Cc4cccc(F)c4)cc3)sc2c1. The number of rotatable bonds is 6. The van der Waals surface area contributed by atoms with Crippen LogP contribution in [0, 0.1) is 5.82 Å².